The average Bonchev–Trinajstić information content (AvgIpc) is 2.61. The quantitative estimate of drug-likeness (QED) is 0.626. The van der Waals surface area contributed by atoms with Crippen LogP contribution in [0, 0.1) is 11.3 Å². The van der Waals surface area contributed by atoms with Gasteiger partial charge in [-0.15, -0.1) is 0 Å². The van der Waals surface area contributed by atoms with Crippen molar-refractivity contribution in [2.24, 2.45) is 0 Å². The topological polar surface area (TPSA) is 50.1 Å². The number of cyclic esters (lactones) is 1. The molecule has 0 amide bonds. The van der Waals surface area contributed by atoms with Gasteiger partial charge < -0.3 is 4.74 Å². The maximum Gasteiger partial charge on any atom is 0.323 e. The molecule has 1 atom stereocenters. The largest absolute Gasteiger partial charge is 0.433 e. The number of nitriles is 1. The Morgan fingerprint density at radius 2 is 2.00 bits per heavy atom. The molecule has 1 aromatic carbocycles. The van der Waals surface area contributed by atoms with Crippen LogP contribution in [0.3, 0.4) is 0 Å². The van der Waals surface area contributed by atoms with Gasteiger partial charge in [-0.3, -0.25) is 4.79 Å². The summed E-state index contributed by atoms with van der Waals surface area (Å²) >= 11 is 0. The molecule has 0 fully saturated rings. The van der Waals surface area contributed by atoms with Gasteiger partial charge in [0.2, 0.25) is 0 Å². The minimum atomic E-state index is -0.541. The van der Waals surface area contributed by atoms with Crippen molar-refractivity contribution in [3.05, 3.63) is 47.7 Å². The van der Waals surface area contributed by atoms with Gasteiger partial charge >= 0.3 is 5.97 Å². The van der Waals surface area contributed by atoms with Gasteiger partial charge in [-0.05, 0) is 5.56 Å². The number of esters is 1. The summed E-state index contributed by atoms with van der Waals surface area (Å²) in [5.41, 5.74) is 1.16. The highest BCUT2D eigenvalue weighted by Gasteiger charge is 2.31. The molecule has 1 aliphatic rings. The van der Waals surface area contributed by atoms with Gasteiger partial charge in [0.1, 0.15) is 12.2 Å². The van der Waals surface area contributed by atoms with Crippen LogP contribution in [0.15, 0.2) is 42.2 Å². The van der Waals surface area contributed by atoms with E-state index in [9.17, 15) is 4.79 Å². The molecule has 1 aliphatic heterocycles. The molecule has 68 valence electrons. The summed E-state index contributed by atoms with van der Waals surface area (Å²) in [4.78, 5) is 11.3. The summed E-state index contributed by atoms with van der Waals surface area (Å²) in [6.45, 7) is 0. The number of carbonyl (C=O) groups is 1. The van der Waals surface area contributed by atoms with Crippen LogP contribution in [0.1, 0.15) is 11.5 Å². The molecule has 3 nitrogen and oxygen atoms in total. The van der Waals surface area contributed by atoms with Crippen molar-refractivity contribution in [3.8, 4) is 6.07 Å². The Labute approximate surface area is 81.2 Å². The number of nitrogens with zero attached hydrogens (tertiary/aromatic N) is 1. The maximum atomic E-state index is 11.3. The molecule has 14 heavy (non-hydrogen) atoms. The van der Waals surface area contributed by atoms with Crippen LogP contribution in [0.2, 0.25) is 0 Å². The molecular formula is C11H7NO2. The predicted octanol–water partition coefficient (Wildman–Crippen LogP) is 1.73. The highest BCUT2D eigenvalue weighted by molar-refractivity contribution is 5.86. The van der Waals surface area contributed by atoms with E-state index < -0.39 is 5.92 Å². The second kappa shape index (κ2) is 3.35. The van der Waals surface area contributed by atoms with Gasteiger partial charge in [-0.1, -0.05) is 30.3 Å². The summed E-state index contributed by atoms with van der Waals surface area (Å²) in [6, 6.07) is 11.1. The average molecular weight is 185 g/mol. The number of hydrogen-bond donors (Lipinski definition) is 0. The first kappa shape index (κ1) is 8.52. The zero-order valence-electron chi connectivity index (χ0n) is 7.31. The number of benzene rings is 1. The van der Waals surface area contributed by atoms with Crippen molar-refractivity contribution < 1.29 is 9.53 Å². The van der Waals surface area contributed by atoms with Crippen LogP contribution in [0.5, 0.6) is 0 Å². The predicted molar refractivity (Wildman–Crippen MR) is 49.0 cm³/mol. The lowest BCUT2D eigenvalue weighted by Crippen LogP contribution is -2.08. The molecule has 0 spiro atoms. The van der Waals surface area contributed by atoms with Crippen LogP contribution in [-0.2, 0) is 9.53 Å². The third kappa shape index (κ3) is 1.27. The summed E-state index contributed by atoms with van der Waals surface area (Å²) in [7, 11) is 0. The van der Waals surface area contributed by atoms with Gasteiger partial charge in [-0.2, -0.15) is 5.26 Å². The second-order valence-corrected chi connectivity index (χ2v) is 2.97. The minimum absolute atomic E-state index is 0.362. The second-order valence-electron chi connectivity index (χ2n) is 2.97. The summed E-state index contributed by atoms with van der Waals surface area (Å²) < 4.78 is 4.70. The van der Waals surface area contributed by atoms with E-state index in [-0.39, 0.29) is 5.97 Å². The van der Waals surface area contributed by atoms with E-state index in [4.69, 9.17) is 10.00 Å². The Hall–Kier alpha value is -2.08. The van der Waals surface area contributed by atoms with Gasteiger partial charge in [0.25, 0.3) is 0 Å². The Morgan fingerprint density at radius 3 is 2.64 bits per heavy atom. The molecule has 0 aromatic heterocycles. The molecular weight excluding hydrogens is 178 g/mol. The first-order valence-corrected chi connectivity index (χ1v) is 4.18. The fourth-order valence-electron chi connectivity index (χ4n) is 1.44. The summed E-state index contributed by atoms with van der Waals surface area (Å²) in [6.07, 6.45) is 1.22. The van der Waals surface area contributed by atoms with Crippen molar-refractivity contribution in [2.75, 3.05) is 0 Å². The molecule has 0 bridgehead atoms. The normalized spacial score (nSPS) is 19.8. The Balaban J connectivity index is 2.40. The zero-order valence-corrected chi connectivity index (χ0v) is 7.31. The summed E-state index contributed by atoms with van der Waals surface area (Å²) in [5, 5.41) is 8.77. The molecule has 0 radical (unpaired) electrons. The Morgan fingerprint density at radius 1 is 1.29 bits per heavy atom. The lowest BCUT2D eigenvalue weighted by molar-refractivity contribution is -0.136. The van der Waals surface area contributed by atoms with Gasteiger partial charge in [-0.25, -0.2) is 0 Å². The Kier molecular flexibility index (Phi) is 2.04. The van der Waals surface area contributed by atoms with Gasteiger partial charge in [0, 0.05) is 0 Å². The van der Waals surface area contributed by atoms with E-state index in [0.717, 1.165) is 5.56 Å². The standard InChI is InChI=1S/C11H7NO2/c12-6-9-7-14-11(13)10(9)8-4-2-1-3-5-8/h1-5,7,10H. The molecule has 3 heteroatoms. The zero-order chi connectivity index (χ0) is 9.97. The Bertz CT molecular complexity index is 428. The lowest BCUT2D eigenvalue weighted by atomic mass is 9.94. The fourth-order valence-corrected chi connectivity index (χ4v) is 1.44. The molecule has 0 saturated heterocycles. The highest BCUT2D eigenvalue weighted by atomic mass is 16.5. The van der Waals surface area contributed by atoms with Crippen LogP contribution >= 0.6 is 0 Å². The van der Waals surface area contributed by atoms with Crippen molar-refractivity contribution in [3.63, 3.8) is 0 Å². The first-order chi connectivity index (χ1) is 6.83. The van der Waals surface area contributed by atoms with E-state index in [1.54, 1.807) is 0 Å². The third-order valence-corrected chi connectivity index (χ3v) is 2.11. The number of rotatable bonds is 1. The molecule has 0 N–H and O–H groups in total. The van der Waals surface area contributed by atoms with E-state index in [0.29, 0.717) is 5.57 Å². The highest BCUT2D eigenvalue weighted by Crippen LogP contribution is 2.29. The molecule has 1 unspecified atom stereocenters. The van der Waals surface area contributed by atoms with E-state index in [1.165, 1.54) is 6.26 Å². The fraction of sp³-hybridized carbons (Fsp3) is 0.0909. The van der Waals surface area contributed by atoms with Crippen LogP contribution in [-0.4, -0.2) is 5.97 Å². The van der Waals surface area contributed by atoms with Gasteiger partial charge in [0.15, 0.2) is 0 Å². The number of ether oxygens (including phenoxy) is 1. The van der Waals surface area contributed by atoms with Crippen molar-refractivity contribution in [2.45, 2.75) is 5.92 Å². The molecule has 1 heterocycles. The van der Waals surface area contributed by atoms with Crippen molar-refractivity contribution in [1.29, 1.82) is 5.26 Å². The van der Waals surface area contributed by atoms with Crippen LogP contribution in [0.25, 0.3) is 0 Å². The number of hydrogen-bond acceptors (Lipinski definition) is 3. The third-order valence-electron chi connectivity index (χ3n) is 2.11. The minimum Gasteiger partial charge on any atom is -0.433 e. The van der Waals surface area contributed by atoms with Gasteiger partial charge in [0.05, 0.1) is 11.6 Å². The summed E-state index contributed by atoms with van der Waals surface area (Å²) in [5.74, 6) is -0.922. The number of carbonyl (C=O) groups excluding carboxylic acids is 1. The van der Waals surface area contributed by atoms with Crippen LogP contribution in [0.4, 0.5) is 0 Å². The smallest absolute Gasteiger partial charge is 0.323 e. The SMILES string of the molecule is N#CC1=COC(=O)C1c1ccccc1. The monoisotopic (exact) mass is 185 g/mol. The van der Waals surface area contributed by atoms with Crippen molar-refractivity contribution in [1.82, 2.24) is 0 Å². The molecule has 0 aliphatic carbocycles. The lowest BCUT2D eigenvalue weighted by Gasteiger charge is -2.05. The maximum absolute atomic E-state index is 11.3. The van der Waals surface area contributed by atoms with Crippen LogP contribution < -0.4 is 0 Å². The molecule has 2 rings (SSSR count). The van der Waals surface area contributed by atoms with E-state index in [1.807, 2.05) is 36.4 Å². The first-order valence-electron chi connectivity index (χ1n) is 4.18. The van der Waals surface area contributed by atoms with E-state index in [2.05, 4.69) is 0 Å². The molecule has 0 saturated carbocycles. The van der Waals surface area contributed by atoms with E-state index >= 15 is 0 Å². The van der Waals surface area contributed by atoms with Crippen molar-refractivity contribution >= 4 is 5.97 Å². The molecule has 1 aromatic rings.